The highest BCUT2D eigenvalue weighted by Gasteiger charge is 2.27. The normalized spacial score (nSPS) is 34.2. The van der Waals surface area contributed by atoms with Crippen molar-refractivity contribution in [3.8, 4) is 0 Å². The number of esters is 1. The zero-order valence-corrected chi connectivity index (χ0v) is 8.32. The molecule has 0 aromatic carbocycles. The Bertz CT molecular complexity index is 179. The third-order valence-electron chi connectivity index (χ3n) is 2.92. The molecule has 3 nitrogen and oxygen atoms in total. The van der Waals surface area contributed by atoms with Gasteiger partial charge in [0.25, 0.3) is 0 Å². The first-order chi connectivity index (χ1) is 6.13. The van der Waals surface area contributed by atoms with Crippen LogP contribution in [0.3, 0.4) is 0 Å². The standard InChI is InChI=1S/C10H18O3/c1-7-5-8(3-4-9(7)11)6-10(12)13-2/h7-9,11H,3-6H2,1-2H3. The molecule has 3 unspecified atom stereocenters. The summed E-state index contributed by atoms with van der Waals surface area (Å²) in [6, 6.07) is 0. The lowest BCUT2D eigenvalue weighted by molar-refractivity contribution is -0.142. The van der Waals surface area contributed by atoms with Crippen molar-refractivity contribution >= 4 is 5.97 Å². The third kappa shape index (κ3) is 2.99. The fourth-order valence-electron chi connectivity index (χ4n) is 2.00. The van der Waals surface area contributed by atoms with Crippen LogP contribution < -0.4 is 0 Å². The van der Waals surface area contributed by atoms with E-state index in [9.17, 15) is 9.90 Å². The first kappa shape index (κ1) is 10.5. The van der Waals surface area contributed by atoms with Gasteiger partial charge in [-0.1, -0.05) is 6.92 Å². The fourth-order valence-corrected chi connectivity index (χ4v) is 2.00. The summed E-state index contributed by atoms with van der Waals surface area (Å²) >= 11 is 0. The summed E-state index contributed by atoms with van der Waals surface area (Å²) in [5, 5.41) is 9.47. The van der Waals surface area contributed by atoms with Crippen LogP contribution in [0.1, 0.15) is 32.6 Å². The number of methoxy groups -OCH3 is 1. The predicted octanol–water partition coefficient (Wildman–Crippen LogP) is 1.35. The Morgan fingerprint density at radius 2 is 2.23 bits per heavy atom. The van der Waals surface area contributed by atoms with Crippen LogP contribution in [0.15, 0.2) is 0 Å². The lowest BCUT2D eigenvalue weighted by Crippen LogP contribution is -2.28. The maximum absolute atomic E-state index is 11.0. The molecule has 1 N–H and O–H groups in total. The molecule has 1 aliphatic rings. The molecule has 3 heteroatoms. The van der Waals surface area contributed by atoms with Crippen LogP contribution in [0.25, 0.3) is 0 Å². The Morgan fingerprint density at radius 3 is 2.77 bits per heavy atom. The SMILES string of the molecule is COC(=O)CC1CCC(O)C(C)C1. The maximum Gasteiger partial charge on any atom is 0.305 e. The van der Waals surface area contributed by atoms with Gasteiger partial charge in [-0.05, 0) is 31.1 Å². The van der Waals surface area contributed by atoms with Crippen molar-refractivity contribution in [2.75, 3.05) is 7.11 Å². The molecule has 0 aromatic rings. The van der Waals surface area contributed by atoms with Crippen molar-refractivity contribution in [2.24, 2.45) is 11.8 Å². The number of hydrogen-bond acceptors (Lipinski definition) is 3. The van der Waals surface area contributed by atoms with E-state index in [1.54, 1.807) is 0 Å². The Hall–Kier alpha value is -0.570. The molecule has 1 aliphatic carbocycles. The van der Waals surface area contributed by atoms with Crippen molar-refractivity contribution in [1.82, 2.24) is 0 Å². The van der Waals surface area contributed by atoms with Crippen LogP contribution in [-0.2, 0) is 9.53 Å². The zero-order valence-electron chi connectivity index (χ0n) is 8.32. The highest BCUT2D eigenvalue weighted by Crippen LogP contribution is 2.31. The van der Waals surface area contributed by atoms with Gasteiger partial charge in [0.15, 0.2) is 0 Å². The number of hydrogen-bond donors (Lipinski definition) is 1. The molecule has 0 amide bonds. The molecule has 0 aromatic heterocycles. The largest absolute Gasteiger partial charge is 0.469 e. The van der Waals surface area contributed by atoms with E-state index in [0.717, 1.165) is 19.3 Å². The quantitative estimate of drug-likeness (QED) is 0.662. The van der Waals surface area contributed by atoms with Crippen LogP contribution in [-0.4, -0.2) is 24.3 Å². The smallest absolute Gasteiger partial charge is 0.305 e. The molecule has 1 saturated carbocycles. The van der Waals surface area contributed by atoms with E-state index in [4.69, 9.17) is 0 Å². The van der Waals surface area contributed by atoms with E-state index in [1.807, 2.05) is 6.92 Å². The summed E-state index contributed by atoms with van der Waals surface area (Å²) in [6.45, 7) is 2.04. The van der Waals surface area contributed by atoms with E-state index in [-0.39, 0.29) is 12.1 Å². The van der Waals surface area contributed by atoms with Crippen LogP contribution in [0.2, 0.25) is 0 Å². The summed E-state index contributed by atoms with van der Waals surface area (Å²) in [5.74, 6) is 0.600. The molecular formula is C10H18O3. The monoisotopic (exact) mass is 186 g/mol. The molecule has 0 aliphatic heterocycles. The van der Waals surface area contributed by atoms with Crippen molar-refractivity contribution in [1.29, 1.82) is 0 Å². The fraction of sp³-hybridized carbons (Fsp3) is 0.900. The summed E-state index contributed by atoms with van der Waals surface area (Å²) in [4.78, 5) is 11.0. The van der Waals surface area contributed by atoms with Crippen molar-refractivity contribution < 1.29 is 14.6 Å². The first-order valence-electron chi connectivity index (χ1n) is 4.88. The molecule has 0 bridgehead atoms. The van der Waals surface area contributed by atoms with Gasteiger partial charge in [0, 0.05) is 6.42 Å². The van der Waals surface area contributed by atoms with Crippen LogP contribution in [0.5, 0.6) is 0 Å². The number of ether oxygens (including phenoxy) is 1. The van der Waals surface area contributed by atoms with Gasteiger partial charge in [0.2, 0.25) is 0 Å². The van der Waals surface area contributed by atoms with Gasteiger partial charge >= 0.3 is 5.97 Å². The lowest BCUT2D eigenvalue weighted by atomic mass is 9.79. The highest BCUT2D eigenvalue weighted by molar-refractivity contribution is 5.69. The maximum atomic E-state index is 11.0. The number of aliphatic hydroxyl groups excluding tert-OH is 1. The van der Waals surface area contributed by atoms with Crippen LogP contribution in [0, 0.1) is 11.8 Å². The Balaban J connectivity index is 2.33. The summed E-state index contributed by atoms with van der Waals surface area (Å²) < 4.78 is 4.61. The lowest BCUT2D eigenvalue weighted by Gasteiger charge is -2.30. The molecule has 1 fully saturated rings. The average Bonchev–Trinajstić information content (AvgIpc) is 2.11. The first-order valence-corrected chi connectivity index (χ1v) is 4.88. The van der Waals surface area contributed by atoms with Gasteiger partial charge < -0.3 is 9.84 Å². The van der Waals surface area contributed by atoms with Gasteiger partial charge in [-0.15, -0.1) is 0 Å². The second-order valence-electron chi connectivity index (χ2n) is 4.00. The van der Waals surface area contributed by atoms with Crippen molar-refractivity contribution in [3.63, 3.8) is 0 Å². The molecule has 0 saturated heterocycles. The molecule has 76 valence electrons. The minimum atomic E-state index is -0.172. The summed E-state index contributed by atoms with van der Waals surface area (Å²) in [5.41, 5.74) is 0. The molecular weight excluding hydrogens is 168 g/mol. The molecule has 3 atom stereocenters. The Labute approximate surface area is 79.1 Å². The molecule has 0 heterocycles. The van der Waals surface area contributed by atoms with Gasteiger partial charge in [0.05, 0.1) is 13.2 Å². The second kappa shape index (κ2) is 4.61. The topological polar surface area (TPSA) is 46.5 Å². The summed E-state index contributed by atoms with van der Waals surface area (Å²) in [7, 11) is 1.42. The van der Waals surface area contributed by atoms with E-state index in [2.05, 4.69) is 4.74 Å². The second-order valence-corrected chi connectivity index (χ2v) is 4.00. The average molecular weight is 186 g/mol. The predicted molar refractivity (Wildman–Crippen MR) is 49.1 cm³/mol. The highest BCUT2D eigenvalue weighted by atomic mass is 16.5. The van der Waals surface area contributed by atoms with Gasteiger partial charge in [-0.2, -0.15) is 0 Å². The van der Waals surface area contributed by atoms with E-state index in [0.29, 0.717) is 18.3 Å². The van der Waals surface area contributed by atoms with Crippen molar-refractivity contribution in [2.45, 2.75) is 38.7 Å². The number of carbonyl (C=O) groups is 1. The molecule has 0 spiro atoms. The molecule has 0 radical (unpaired) electrons. The van der Waals surface area contributed by atoms with E-state index in [1.165, 1.54) is 7.11 Å². The zero-order chi connectivity index (χ0) is 9.84. The Morgan fingerprint density at radius 1 is 1.54 bits per heavy atom. The minimum Gasteiger partial charge on any atom is -0.469 e. The van der Waals surface area contributed by atoms with Crippen LogP contribution in [0.4, 0.5) is 0 Å². The number of rotatable bonds is 2. The van der Waals surface area contributed by atoms with E-state index >= 15 is 0 Å². The van der Waals surface area contributed by atoms with Gasteiger partial charge in [-0.3, -0.25) is 4.79 Å². The molecule has 13 heavy (non-hydrogen) atoms. The molecule has 1 rings (SSSR count). The van der Waals surface area contributed by atoms with Crippen LogP contribution >= 0.6 is 0 Å². The van der Waals surface area contributed by atoms with E-state index < -0.39 is 0 Å². The van der Waals surface area contributed by atoms with Gasteiger partial charge in [0.1, 0.15) is 0 Å². The third-order valence-corrected chi connectivity index (χ3v) is 2.92. The Kier molecular flexibility index (Phi) is 3.72. The number of carbonyl (C=O) groups excluding carboxylic acids is 1. The van der Waals surface area contributed by atoms with Crippen molar-refractivity contribution in [3.05, 3.63) is 0 Å². The number of aliphatic hydroxyl groups is 1. The minimum absolute atomic E-state index is 0.131. The summed E-state index contributed by atoms with van der Waals surface area (Å²) in [6.07, 6.45) is 3.04. The van der Waals surface area contributed by atoms with Gasteiger partial charge in [-0.25, -0.2) is 0 Å².